The molecule has 0 rings (SSSR count). The molecular weight excluding hydrogens is 96.1 g/mol. The molecule has 0 aliphatic heterocycles. The van der Waals surface area contributed by atoms with Crippen LogP contribution in [0.4, 0.5) is 0 Å². The zero-order chi connectivity index (χ0) is 4.99. The van der Waals surface area contributed by atoms with E-state index >= 15 is 0 Å². The van der Waals surface area contributed by atoms with E-state index in [-0.39, 0.29) is 5.76 Å². The number of hydrogen-bond donors (Lipinski definition) is 1. The summed E-state index contributed by atoms with van der Waals surface area (Å²) in [4.78, 5) is 0. The van der Waals surface area contributed by atoms with Crippen LogP contribution in [-0.4, -0.2) is 15.6 Å². The second kappa shape index (κ2) is 2.78. The highest BCUT2D eigenvalue weighted by molar-refractivity contribution is 5.98. The predicted octanol–water partition coefficient (Wildman–Crippen LogP) is 0.506. The van der Waals surface area contributed by atoms with Gasteiger partial charge in [-0.05, 0) is 6.92 Å². The van der Waals surface area contributed by atoms with Gasteiger partial charge in [-0.2, -0.15) is 0 Å². The second-order valence-electron chi connectivity index (χ2n) is 0.877. The van der Waals surface area contributed by atoms with Crippen LogP contribution in [0, 0.1) is 0 Å². The van der Waals surface area contributed by atoms with Gasteiger partial charge in [-0.15, -0.1) is 0 Å². The third kappa shape index (κ3) is 3.56. The van der Waals surface area contributed by atoms with E-state index in [2.05, 4.69) is 14.9 Å². The van der Waals surface area contributed by atoms with Crippen molar-refractivity contribution in [3.8, 4) is 0 Å². The van der Waals surface area contributed by atoms with Gasteiger partial charge in [-0.1, -0.05) is 0 Å². The van der Waals surface area contributed by atoms with Gasteiger partial charge in [0.1, 0.15) is 12.0 Å². The fraction of sp³-hybridized carbons (Fsp3) is 0.333. The van der Waals surface area contributed by atoms with Crippen LogP contribution in [-0.2, 0) is 4.43 Å². The van der Waals surface area contributed by atoms with Crippen LogP contribution >= 0.6 is 0 Å². The zero-order valence-corrected chi connectivity index (χ0v) is 4.43. The smallest absolute Gasteiger partial charge is 0.340 e. The van der Waals surface area contributed by atoms with Crippen molar-refractivity contribution < 1.29 is 9.53 Å². The Kier molecular flexibility index (Phi) is 2.57. The minimum atomic E-state index is 0.144. The molecule has 3 heteroatoms. The van der Waals surface area contributed by atoms with Gasteiger partial charge in [0.25, 0.3) is 0 Å². The van der Waals surface area contributed by atoms with Gasteiger partial charge in [-0.25, -0.2) is 0 Å². The van der Waals surface area contributed by atoms with Gasteiger partial charge in [0.05, 0.1) is 0 Å². The Bertz CT molecular complexity index is 55.8. The first-order valence-corrected chi connectivity index (χ1v) is 1.86. The van der Waals surface area contributed by atoms with Crippen molar-refractivity contribution >= 4 is 10.5 Å². The Labute approximate surface area is 40.0 Å². The maximum absolute atomic E-state index is 8.26. The molecule has 0 aliphatic carbocycles. The predicted molar refractivity (Wildman–Crippen MR) is 23.2 cm³/mol. The minimum absolute atomic E-state index is 0.144. The van der Waals surface area contributed by atoms with Crippen LogP contribution in [0.1, 0.15) is 6.92 Å². The minimum Gasteiger partial charge on any atom is -0.543 e. The van der Waals surface area contributed by atoms with E-state index in [1.165, 1.54) is 13.2 Å². The van der Waals surface area contributed by atoms with Crippen LogP contribution in [0.5, 0.6) is 0 Å². The summed E-state index contributed by atoms with van der Waals surface area (Å²) in [6.07, 6.45) is 1.18. The van der Waals surface area contributed by atoms with Crippen LogP contribution in [0.25, 0.3) is 0 Å². The summed E-state index contributed by atoms with van der Waals surface area (Å²) in [5.41, 5.74) is 0. The molecule has 3 radical (unpaired) electrons. The second-order valence-corrected chi connectivity index (χ2v) is 1.11. The first-order chi connectivity index (χ1) is 2.77. The van der Waals surface area contributed by atoms with E-state index in [1.807, 2.05) is 0 Å². The average Bonchev–Trinajstić information content (AvgIpc) is 1.35. The summed E-state index contributed by atoms with van der Waals surface area (Å²) >= 11 is 0. The quantitative estimate of drug-likeness (QED) is 0.385. The van der Waals surface area contributed by atoms with Crippen molar-refractivity contribution in [1.29, 1.82) is 0 Å². The number of allylic oxidation sites excluding steroid dienone is 1. The topological polar surface area (TPSA) is 29.5 Å². The van der Waals surface area contributed by atoms with Crippen molar-refractivity contribution in [1.82, 2.24) is 0 Å². The molecule has 0 unspecified atom stereocenters. The first kappa shape index (κ1) is 5.56. The molecule has 0 spiro atoms. The molecule has 0 atom stereocenters. The molecule has 0 heterocycles. The van der Waals surface area contributed by atoms with Gasteiger partial charge >= 0.3 is 10.5 Å². The van der Waals surface area contributed by atoms with E-state index < -0.39 is 0 Å². The highest BCUT2D eigenvalue weighted by Gasteiger charge is 1.70. The van der Waals surface area contributed by atoms with Gasteiger partial charge in [0, 0.05) is 0 Å². The summed E-state index contributed by atoms with van der Waals surface area (Å²) in [7, 11) is 2.66. The standard InChI is InChI=1S/C3H5O2Si/c1-3(4)2-5-6/h2,4H,1H3/b3-2-. The van der Waals surface area contributed by atoms with E-state index in [4.69, 9.17) is 5.11 Å². The Balaban J connectivity index is 3.14. The Morgan fingerprint density at radius 1 is 2.00 bits per heavy atom. The van der Waals surface area contributed by atoms with Crippen LogP contribution < -0.4 is 0 Å². The number of hydrogen-bond acceptors (Lipinski definition) is 2. The van der Waals surface area contributed by atoms with Gasteiger partial charge in [0.15, 0.2) is 0 Å². The fourth-order valence-corrected chi connectivity index (χ4v) is 0.256. The number of aliphatic hydroxyl groups excluding tert-OH is 1. The molecule has 33 valence electrons. The highest BCUT2D eigenvalue weighted by atomic mass is 28.2. The number of rotatable bonds is 1. The average molecular weight is 101 g/mol. The largest absolute Gasteiger partial charge is 0.543 e. The lowest BCUT2D eigenvalue weighted by atomic mass is 10.7. The molecule has 6 heavy (non-hydrogen) atoms. The molecular formula is C3H5O2Si. The third-order valence-electron chi connectivity index (χ3n) is 0.229. The van der Waals surface area contributed by atoms with Gasteiger partial charge in [-0.3, -0.25) is 0 Å². The molecule has 0 saturated heterocycles. The zero-order valence-electron chi connectivity index (χ0n) is 3.43. The fourth-order valence-electron chi connectivity index (χ4n) is 0.0853. The van der Waals surface area contributed by atoms with E-state index in [0.717, 1.165) is 0 Å². The molecule has 0 aromatic heterocycles. The lowest BCUT2D eigenvalue weighted by molar-refractivity contribution is 0.380. The highest BCUT2D eigenvalue weighted by Crippen LogP contribution is 1.79. The SMILES string of the molecule is C/C(O)=C/O[Si]. The van der Waals surface area contributed by atoms with Crippen molar-refractivity contribution in [2.75, 3.05) is 0 Å². The molecule has 0 bridgehead atoms. The molecule has 0 aromatic rings. The molecule has 0 aromatic carbocycles. The summed E-state index contributed by atoms with van der Waals surface area (Å²) in [5, 5.41) is 8.26. The summed E-state index contributed by atoms with van der Waals surface area (Å²) in [6.45, 7) is 1.51. The van der Waals surface area contributed by atoms with Crippen LogP contribution in [0.15, 0.2) is 12.0 Å². The number of aliphatic hydroxyl groups is 1. The summed E-state index contributed by atoms with van der Waals surface area (Å²) < 4.78 is 4.20. The molecule has 0 saturated carbocycles. The molecule has 1 N–H and O–H groups in total. The Morgan fingerprint density at radius 2 is 2.50 bits per heavy atom. The van der Waals surface area contributed by atoms with Gasteiger partial charge in [0.2, 0.25) is 0 Å². The summed E-state index contributed by atoms with van der Waals surface area (Å²) in [6, 6.07) is 0. The van der Waals surface area contributed by atoms with Crippen LogP contribution in [0.2, 0.25) is 0 Å². The van der Waals surface area contributed by atoms with Crippen LogP contribution in [0.3, 0.4) is 0 Å². The summed E-state index contributed by atoms with van der Waals surface area (Å²) in [5.74, 6) is 0.144. The van der Waals surface area contributed by atoms with E-state index in [9.17, 15) is 0 Å². The molecule has 0 amide bonds. The van der Waals surface area contributed by atoms with Gasteiger partial charge < -0.3 is 9.53 Å². The Morgan fingerprint density at radius 3 is 2.50 bits per heavy atom. The Hall–Kier alpha value is -0.443. The molecule has 0 fully saturated rings. The first-order valence-electron chi connectivity index (χ1n) is 1.45. The maximum atomic E-state index is 8.26. The normalized spacial score (nSPS) is 11.3. The monoisotopic (exact) mass is 101 g/mol. The lowest BCUT2D eigenvalue weighted by Gasteiger charge is -1.84. The lowest BCUT2D eigenvalue weighted by Crippen LogP contribution is -1.72. The third-order valence-corrected chi connectivity index (χ3v) is 0.347. The molecule has 2 nitrogen and oxygen atoms in total. The van der Waals surface area contributed by atoms with E-state index in [1.54, 1.807) is 0 Å². The van der Waals surface area contributed by atoms with Crippen molar-refractivity contribution in [3.05, 3.63) is 12.0 Å². The van der Waals surface area contributed by atoms with Crippen molar-refractivity contribution in [2.45, 2.75) is 6.92 Å². The molecule has 0 aliphatic rings. The maximum Gasteiger partial charge on any atom is 0.340 e. The van der Waals surface area contributed by atoms with Crippen molar-refractivity contribution in [3.63, 3.8) is 0 Å². The van der Waals surface area contributed by atoms with Crippen molar-refractivity contribution in [2.24, 2.45) is 0 Å². The van der Waals surface area contributed by atoms with E-state index in [0.29, 0.717) is 0 Å².